The summed E-state index contributed by atoms with van der Waals surface area (Å²) in [5.41, 5.74) is 3.05. The van der Waals surface area contributed by atoms with Gasteiger partial charge < -0.3 is 10.1 Å². The topological polar surface area (TPSA) is 21.3 Å². The van der Waals surface area contributed by atoms with Crippen molar-refractivity contribution < 1.29 is 4.74 Å². The van der Waals surface area contributed by atoms with E-state index in [1.54, 1.807) is 0 Å². The molecule has 1 aromatic heterocycles. The van der Waals surface area contributed by atoms with Crippen LogP contribution in [0, 0.1) is 12.8 Å². The number of rotatable bonds is 7. The van der Waals surface area contributed by atoms with E-state index in [4.69, 9.17) is 4.74 Å². The van der Waals surface area contributed by atoms with E-state index < -0.39 is 0 Å². The number of ether oxygens (including phenoxy) is 1. The molecule has 26 heavy (non-hydrogen) atoms. The predicted octanol–water partition coefficient (Wildman–Crippen LogP) is 5.87. The van der Waals surface area contributed by atoms with Gasteiger partial charge in [-0.3, -0.25) is 0 Å². The zero-order valence-corrected chi connectivity index (χ0v) is 17.4. The first-order valence-corrected chi connectivity index (χ1v) is 10.8. The maximum absolute atomic E-state index is 6.11. The van der Waals surface area contributed by atoms with Crippen molar-refractivity contribution >= 4 is 11.3 Å². The largest absolute Gasteiger partial charge is 0.378 e. The van der Waals surface area contributed by atoms with Crippen LogP contribution in [0.4, 0.5) is 0 Å². The summed E-state index contributed by atoms with van der Waals surface area (Å²) in [7, 11) is 0. The molecule has 0 bridgehead atoms. The normalized spacial score (nSPS) is 24.7. The molecule has 3 rings (SSSR count). The lowest BCUT2D eigenvalue weighted by Gasteiger charge is -2.43. The first-order chi connectivity index (χ1) is 12.5. The van der Waals surface area contributed by atoms with E-state index in [0.717, 1.165) is 26.0 Å². The van der Waals surface area contributed by atoms with Gasteiger partial charge in [-0.2, -0.15) is 0 Å². The van der Waals surface area contributed by atoms with Gasteiger partial charge in [0.05, 0.1) is 6.10 Å². The Hall–Kier alpha value is -1.16. The Morgan fingerprint density at radius 1 is 1.19 bits per heavy atom. The summed E-state index contributed by atoms with van der Waals surface area (Å²) in [6.07, 6.45) is 3.77. The molecule has 0 unspecified atom stereocenters. The van der Waals surface area contributed by atoms with Crippen LogP contribution in [0.5, 0.6) is 0 Å². The quantitative estimate of drug-likeness (QED) is 0.657. The summed E-state index contributed by atoms with van der Waals surface area (Å²) in [6.45, 7) is 10.9. The number of hydrogen-bond acceptors (Lipinski definition) is 3. The van der Waals surface area contributed by atoms with E-state index in [1.165, 1.54) is 22.4 Å². The highest BCUT2D eigenvalue weighted by molar-refractivity contribution is 7.10. The van der Waals surface area contributed by atoms with Gasteiger partial charge in [0, 0.05) is 22.9 Å². The van der Waals surface area contributed by atoms with Crippen LogP contribution in [-0.4, -0.2) is 19.3 Å². The smallest absolute Gasteiger partial charge is 0.0606 e. The highest BCUT2D eigenvalue weighted by atomic mass is 32.1. The first-order valence-electron chi connectivity index (χ1n) is 9.96. The number of thiophene rings is 1. The molecule has 1 N–H and O–H groups in total. The second-order valence-corrected chi connectivity index (χ2v) is 9.17. The molecule has 142 valence electrons. The van der Waals surface area contributed by atoms with Crippen LogP contribution in [0.3, 0.4) is 0 Å². The van der Waals surface area contributed by atoms with Gasteiger partial charge in [-0.1, -0.05) is 49.7 Å². The fraction of sp³-hybridized carbons (Fsp3) is 0.565. The molecule has 0 spiro atoms. The molecule has 0 amide bonds. The molecule has 2 aromatic rings. The Labute approximate surface area is 163 Å². The molecule has 0 aliphatic carbocycles. The summed E-state index contributed by atoms with van der Waals surface area (Å²) >= 11 is 1.84. The van der Waals surface area contributed by atoms with Crippen molar-refractivity contribution in [3.05, 3.63) is 57.8 Å². The number of benzene rings is 1. The van der Waals surface area contributed by atoms with Crippen molar-refractivity contribution in [2.75, 3.05) is 13.2 Å². The minimum absolute atomic E-state index is 0.225. The minimum atomic E-state index is 0.225. The highest BCUT2D eigenvalue weighted by Gasteiger charge is 2.39. The zero-order chi connectivity index (χ0) is 18.6. The van der Waals surface area contributed by atoms with Gasteiger partial charge in [-0.15, -0.1) is 11.3 Å². The third kappa shape index (κ3) is 4.57. The van der Waals surface area contributed by atoms with Crippen LogP contribution in [0.1, 0.15) is 62.1 Å². The molecule has 0 radical (unpaired) electrons. The van der Waals surface area contributed by atoms with E-state index in [9.17, 15) is 0 Å². The maximum atomic E-state index is 6.11. The molecule has 3 heteroatoms. The van der Waals surface area contributed by atoms with Crippen LogP contribution in [0.25, 0.3) is 0 Å². The van der Waals surface area contributed by atoms with E-state index in [2.05, 4.69) is 74.8 Å². The van der Waals surface area contributed by atoms with Gasteiger partial charge >= 0.3 is 0 Å². The average molecular weight is 372 g/mol. The molecular formula is C23H33NOS. The zero-order valence-electron chi connectivity index (χ0n) is 16.6. The second-order valence-electron chi connectivity index (χ2n) is 8.19. The van der Waals surface area contributed by atoms with E-state index in [-0.39, 0.29) is 5.41 Å². The molecule has 1 aliphatic heterocycles. The maximum Gasteiger partial charge on any atom is 0.0606 e. The van der Waals surface area contributed by atoms with Gasteiger partial charge in [-0.05, 0) is 62.6 Å². The van der Waals surface area contributed by atoms with Crippen molar-refractivity contribution in [3.63, 3.8) is 0 Å². The second kappa shape index (κ2) is 8.69. The summed E-state index contributed by atoms with van der Waals surface area (Å²) in [5.74, 6) is 0.568. The molecule has 2 heterocycles. The lowest BCUT2D eigenvalue weighted by Crippen LogP contribution is -2.42. The Bertz CT molecular complexity index is 664. The minimum Gasteiger partial charge on any atom is -0.378 e. The van der Waals surface area contributed by atoms with E-state index in [1.807, 2.05) is 11.3 Å². The van der Waals surface area contributed by atoms with Gasteiger partial charge in [0.2, 0.25) is 0 Å². The Morgan fingerprint density at radius 3 is 2.62 bits per heavy atom. The average Bonchev–Trinajstić information content (AvgIpc) is 3.17. The van der Waals surface area contributed by atoms with E-state index in [0.29, 0.717) is 18.1 Å². The number of hydrogen-bond donors (Lipinski definition) is 1. The van der Waals surface area contributed by atoms with Crippen LogP contribution in [-0.2, 0) is 10.2 Å². The molecule has 1 fully saturated rings. The van der Waals surface area contributed by atoms with Crippen molar-refractivity contribution in [1.29, 1.82) is 0 Å². The Balaban J connectivity index is 1.73. The van der Waals surface area contributed by atoms with Crippen LogP contribution >= 0.6 is 11.3 Å². The van der Waals surface area contributed by atoms with Gasteiger partial charge in [0.1, 0.15) is 0 Å². The van der Waals surface area contributed by atoms with E-state index >= 15 is 0 Å². The van der Waals surface area contributed by atoms with Crippen LogP contribution < -0.4 is 5.32 Å². The fourth-order valence-electron chi connectivity index (χ4n) is 4.09. The van der Waals surface area contributed by atoms with Crippen molar-refractivity contribution in [2.24, 2.45) is 5.92 Å². The van der Waals surface area contributed by atoms with Crippen molar-refractivity contribution in [3.8, 4) is 0 Å². The molecule has 0 saturated carbocycles. The van der Waals surface area contributed by atoms with Crippen molar-refractivity contribution in [1.82, 2.24) is 5.32 Å². The highest BCUT2D eigenvalue weighted by Crippen LogP contribution is 2.42. The number of nitrogens with one attached hydrogen (secondary N) is 1. The molecule has 3 atom stereocenters. The SMILES string of the molecule is Cc1ccc([C@@]2(CCN[C@H](C)c3cccs3)CCO[C@@H](C(C)C)C2)cc1. The molecule has 1 aliphatic rings. The third-order valence-corrected chi connectivity index (χ3v) is 6.99. The molecule has 1 saturated heterocycles. The number of aryl methyl sites for hydroxylation is 1. The van der Waals surface area contributed by atoms with Crippen LogP contribution in [0.2, 0.25) is 0 Å². The summed E-state index contributed by atoms with van der Waals surface area (Å²) in [4.78, 5) is 1.42. The predicted molar refractivity (Wildman–Crippen MR) is 112 cm³/mol. The van der Waals surface area contributed by atoms with Gasteiger partial charge in [-0.25, -0.2) is 0 Å². The van der Waals surface area contributed by atoms with Crippen molar-refractivity contribution in [2.45, 2.75) is 64.5 Å². The fourth-order valence-corrected chi connectivity index (χ4v) is 4.85. The molecule has 2 nitrogen and oxygen atoms in total. The lowest BCUT2D eigenvalue weighted by atomic mass is 9.68. The lowest BCUT2D eigenvalue weighted by molar-refractivity contribution is -0.0470. The summed E-state index contributed by atoms with van der Waals surface area (Å²) in [5, 5.41) is 5.91. The third-order valence-electron chi connectivity index (χ3n) is 5.94. The molecule has 1 aromatic carbocycles. The van der Waals surface area contributed by atoms with Gasteiger partial charge in [0.15, 0.2) is 0 Å². The first kappa shape index (κ1) is 19.6. The van der Waals surface area contributed by atoms with Gasteiger partial charge in [0.25, 0.3) is 0 Å². The summed E-state index contributed by atoms with van der Waals surface area (Å²) in [6, 6.07) is 14.0. The standard InChI is InChI=1S/C23H33NOS/c1-17(2)21-16-23(12-14-25-21,20-9-7-18(3)8-10-20)11-13-24-19(4)22-6-5-15-26-22/h5-10,15,17,19,21,24H,11-14,16H2,1-4H3/t19-,21-,23+/m1/s1. The van der Waals surface area contributed by atoms with Crippen LogP contribution in [0.15, 0.2) is 41.8 Å². The summed E-state index contributed by atoms with van der Waals surface area (Å²) < 4.78 is 6.11. The molecular weight excluding hydrogens is 338 g/mol. The Morgan fingerprint density at radius 2 is 1.96 bits per heavy atom. The monoisotopic (exact) mass is 371 g/mol. The Kier molecular flexibility index (Phi) is 6.55.